The Balaban J connectivity index is 1.02. The molecule has 0 fully saturated rings. The lowest BCUT2D eigenvalue weighted by Crippen LogP contribution is -1.94. The van der Waals surface area contributed by atoms with E-state index < -0.39 is 0 Å². The molecule has 0 spiro atoms. The number of benzene rings is 10. The molecule has 0 unspecified atom stereocenters. The predicted molar refractivity (Wildman–Crippen MR) is 236 cm³/mol. The Morgan fingerprint density at radius 3 is 1.51 bits per heavy atom. The third-order valence-corrected chi connectivity index (χ3v) is 11.8. The topological polar surface area (TPSA) is 4.93 Å². The normalized spacial score (nSPS) is 11.8. The Bertz CT molecular complexity index is 3200. The van der Waals surface area contributed by atoms with Crippen molar-refractivity contribution >= 4 is 54.1 Å². The van der Waals surface area contributed by atoms with Crippen LogP contribution in [0, 0.1) is 0 Å². The molecule has 0 atom stereocenters. The minimum atomic E-state index is 1.05. The van der Waals surface area contributed by atoms with Gasteiger partial charge in [0.1, 0.15) is 0 Å². The highest BCUT2D eigenvalue weighted by Crippen LogP contribution is 2.43. The summed E-state index contributed by atoms with van der Waals surface area (Å²) >= 11 is 0. The van der Waals surface area contributed by atoms with Crippen LogP contribution in [0.4, 0.5) is 0 Å². The van der Waals surface area contributed by atoms with Gasteiger partial charge in [0.2, 0.25) is 0 Å². The Labute approximate surface area is 320 Å². The van der Waals surface area contributed by atoms with Crippen molar-refractivity contribution < 1.29 is 0 Å². The van der Waals surface area contributed by atoms with Gasteiger partial charge in [-0.05, 0) is 119 Å². The van der Waals surface area contributed by atoms with Crippen LogP contribution >= 0.6 is 0 Å². The molecule has 0 saturated heterocycles. The molecule has 1 heteroatoms. The standard InChI is InChI=1S/C54H37N/c1-2-35-16-18-37(19-17-35)45-29-22-39-25-32-49-46(30-23-40-24-31-48(45)53(39)54(40)49)38-20-27-42(28-21-38)55-51-15-9-8-14-47(51)50-34-41(26-33-52(50)55)44-13-7-6-12-43(44)36-10-4-3-5-11-36/h3-34H,2H2,1H3. The molecule has 0 radical (unpaired) electrons. The zero-order valence-electron chi connectivity index (χ0n) is 30.6. The summed E-state index contributed by atoms with van der Waals surface area (Å²) in [6.07, 6.45) is 1.05. The zero-order chi connectivity index (χ0) is 36.5. The maximum Gasteiger partial charge on any atom is 0.0541 e. The molecule has 10 aromatic carbocycles. The fraction of sp³-hybridized carbons (Fsp3) is 0.0370. The third kappa shape index (κ3) is 5.01. The van der Waals surface area contributed by atoms with Gasteiger partial charge in [-0.3, -0.25) is 0 Å². The molecule has 258 valence electrons. The number of aryl methyl sites for hydroxylation is 1. The second-order valence-electron chi connectivity index (χ2n) is 14.7. The number of fused-ring (bicyclic) bond motifs is 3. The van der Waals surface area contributed by atoms with Crippen LogP contribution in [0.2, 0.25) is 0 Å². The minimum absolute atomic E-state index is 1.05. The van der Waals surface area contributed by atoms with E-state index in [-0.39, 0.29) is 0 Å². The molecule has 1 aromatic heterocycles. The quantitative estimate of drug-likeness (QED) is 0.152. The van der Waals surface area contributed by atoms with Crippen LogP contribution < -0.4 is 0 Å². The number of nitrogens with zero attached hydrogens (tertiary/aromatic N) is 1. The molecule has 0 aliphatic carbocycles. The summed E-state index contributed by atoms with van der Waals surface area (Å²) in [4.78, 5) is 0. The number of rotatable bonds is 6. The zero-order valence-corrected chi connectivity index (χ0v) is 30.6. The fourth-order valence-electron chi connectivity index (χ4n) is 9.04. The van der Waals surface area contributed by atoms with Gasteiger partial charge >= 0.3 is 0 Å². The number of aromatic nitrogens is 1. The van der Waals surface area contributed by atoms with Crippen molar-refractivity contribution in [3.8, 4) is 50.2 Å². The third-order valence-electron chi connectivity index (χ3n) is 11.8. The van der Waals surface area contributed by atoms with Crippen molar-refractivity contribution in [2.75, 3.05) is 0 Å². The van der Waals surface area contributed by atoms with Gasteiger partial charge in [0.05, 0.1) is 11.0 Å². The molecule has 1 nitrogen and oxygen atoms in total. The molecule has 11 aromatic rings. The first kappa shape index (κ1) is 31.6. The van der Waals surface area contributed by atoms with Crippen molar-refractivity contribution in [3.05, 3.63) is 200 Å². The van der Waals surface area contributed by atoms with Crippen LogP contribution in [0.3, 0.4) is 0 Å². The van der Waals surface area contributed by atoms with Gasteiger partial charge in [0.15, 0.2) is 0 Å². The van der Waals surface area contributed by atoms with E-state index >= 15 is 0 Å². The van der Waals surface area contributed by atoms with E-state index in [0.717, 1.165) is 12.1 Å². The van der Waals surface area contributed by atoms with E-state index in [2.05, 4.69) is 206 Å². The van der Waals surface area contributed by atoms with E-state index in [1.54, 1.807) is 0 Å². The molecule has 0 saturated carbocycles. The summed E-state index contributed by atoms with van der Waals surface area (Å²) in [7, 11) is 0. The first-order valence-electron chi connectivity index (χ1n) is 19.3. The van der Waals surface area contributed by atoms with E-state index in [1.165, 1.54) is 104 Å². The Morgan fingerprint density at radius 2 is 0.855 bits per heavy atom. The van der Waals surface area contributed by atoms with Gasteiger partial charge in [0, 0.05) is 16.5 Å². The molecule has 0 amide bonds. The molecule has 1 heterocycles. The summed E-state index contributed by atoms with van der Waals surface area (Å²) in [6.45, 7) is 2.21. The highest BCUT2D eigenvalue weighted by atomic mass is 15.0. The maximum atomic E-state index is 2.42. The highest BCUT2D eigenvalue weighted by molar-refractivity contribution is 6.27. The number of hydrogen-bond donors (Lipinski definition) is 0. The van der Waals surface area contributed by atoms with Crippen LogP contribution in [-0.4, -0.2) is 4.57 Å². The van der Waals surface area contributed by atoms with Crippen LogP contribution in [-0.2, 0) is 6.42 Å². The van der Waals surface area contributed by atoms with Crippen LogP contribution in [0.25, 0.3) is 104 Å². The van der Waals surface area contributed by atoms with Gasteiger partial charge in [-0.2, -0.15) is 0 Å². The van der Waals surface area contributed by atoms with Crippen molar-refractivity contribution in [1.29, 1.82) is 0 Å². The highest BCUT2D eigenvalue weighted by Gasteiger charge is 2.17. The van der Waals surface area contributed by atoms with Crippen molar-refractivity contribution in [3.63, 3.8) is 0 Å². The molecule has 0 aliphatic heterocycles. The van der Waals surface area contributed by atoms with E-state index in [4.69, 9.17) is 0 Å². The lowest BCUT2D eigenvalue weighted by molar-refractivity contribution is 1.14. The molecule has 0 bridgehead atoms. The van der Waals surface area contributed by atoms with E-state index in [1.807, 2.05) is 0 Å². The Hall–Kier alpha value is -6.96. The summed E-state index contributed by atoms with van der Waals surface area (Å²) in [5.74, 6) is 0. The van der Waals surface area contributed by atoms with Crippen molar-refractivity contribution in [1.82, 2.24) is 4.57 Å². The largest absolute Gasteiger partial charge is 0.309 e. The second kappa shape index (κ2) is 12.6. The fourth-order valence-corrected chi connectivity index (χ4v) is 9.04. The van der Waals surface area contributed by atoms with Crippen LogP contribution in [0.15, 0.2) is 194 Å². The molecule has 0 N–H and O–H groups in total. The first-order valence-corrected chi connectivity index (χ1v) is 19.3. The minimum Gasteiger partial charge on any atom is -0.309 e. The smallest absolute Gasteiger partial charge is 0.0541 e. The second-order valence-corrected chi connectivity index (χ2v) is 14.7. The predicted octanol–water partition coefficient (Wildman–Crippen LogP) is 14.9. The summed E-state index contributed by atoms with van der Waals surface area (Å²) in [5, 5.41) is 10.4. The molecular weight excluding hydrogens is 663 g/mol. The van der Waals surface area contributed by atoms with Crippen LogP contribution in [0.1, 0.15) is 12.5 Å². The summed E-state index contributed by atoms with van der Waals surface area (Å²) in [5.41, 5.74) is 14.9. The summed E-state index contributed by atoms with van der Waals surface area (Å²) < 4.78 is 2.42. The molecule has 0 aliphatic rings. The van der Waals surface area contributed by atoms with Gasteiger partial charge in [-0.1, -0.05) is 171 Å². The molecule has 11 rings (SSSR count). The number of hydrogen-bond acceptors (Lipinski definition) is 0. The van der Waals surface area contributed by atoms with Crippen LogP contribution in [0.5, 0.6) is 0 Å². The monoisotopic (exact) mass is 699 g/mol. The van der Waals surface area contributed by atoms with Gasteiger partial charge in [-0.25, -0.2) is 0 Å². The first-order chi connectivity index (χ1) is 27.2. The van der Waals surface area contributed by atoms with E-state index in [0.29, 0.717) is 0 Å². The Morgan fingerprint density at radius 1 is 0.345 bits per heavy atom. The van der Waals surface area contributed by atoms with Crippen molar-refractivity contribution in [2.24, 2.45) is 0 Å². The molecular formula is C54H37N. The van der Waals surface area contributed by atoms with Gasteiger partial charge in [-0.15, -0.1) is 0 Å². The van der Waals surface area contributed by atoms with Gasteiger partial charge < -0.3 is 4.57 Å². The average molecular weight is 700 g/mol. The maximum absolute atomic E-state index is 2.42. The van der Waals surface area contributed by atoms with E-state index in [9.17, 15) is 0 Å². The average Bonchev–Trinajstić information content (AvgIpc) is 3.59. The van der Waals surface area contributed by atoms with Crippen molar-refractivity contribution in [2.45, 2.75) is 13.3 Å². The lowest BCUT2D eigenvalue weighted by Gasteiger charge is -2.17. The van der Waals surface area contributed by atoms with Gasteiger partial charge in [0.25, 0.3) is 0 Å². The summed E-state index contributed by atoms with van der Waals surface area (Å²) in [6, 6.07) is 71.9. The Kier molecular flexibility index (Phi) is 7.22. The number of para-hydroxylation sites is 1. The SMILES string of the molecule is CCc1ccc(-c2ccc3ccc4c(-c5ccc(-n6c7ccccc7c7cc(-c8ccccc8-c8ccccc8)ccc76)cc5)ccc5ccc2c3c54)cc1. The lowest BCUT2D eigenvalue weighted by atomic mass is 9.87. The molecule has 55 heavy (non-hydrogen) atoms.